The van der Waals surface area contributed by atoms with E-state index in [1.54, 1.807) is 12.1 Å². The highest BCUT2D eigenvalue weighted by Gasteiger charge is 2.52. The van der Waals surface area contributed by atoms with Crippen LogP contribution in [-0.4, -0.2) is 134 Å². The van der Waals surface area contributed by atoms with Crippen molar-refractivity contribution in [2.45, 2.75) is 75.5 Å². The number of aliphatic hydroxyl groups is 4. The summed E-state index contributed by atoms with van der Waals surface area (Å²) >= 11 is 0. The number of hydrogen-bond donors (Lipinski definition) is 6. The van der Waals surface area contributed by atoms with E-state index in [-0.39, 0.29) is 36.6 Å². The van der Waals surface area contributed by atoms with E-state index in [4.69, 9.17) is 25.2 Å². The largest absolute Gasteiger partial charge is 0.488 e. The van der Waals surface area contributed by atoms with Gasteiger partial charge in [0.25, 0.3) is 0 Å². The number of likely N-dealkylation sites (tertiary alicyclic amines) is 1. The SMILES string of the molecule is O=C(O)C(O)C(O)C(=O)O.O=C1C2CC(O)C(O)CC2C(=O)N1CCCN1CCN(c2cc(F)ccc2OC2CCCC2)CC1. The molecule has 5 rings (SSSR count). The highest BCUT2D eigenvalue weighted by atomic mass is 19.1. The van der Waals surface area contributed by atoms with Crippen molar-refractivity contribution in [1.82, 2.24) is 9.80 Å². The number of aliphatic hydroxyl groups excluding tert-OH is 4. The van der Waals surface area contributed by atoms with Gasteiger partial charge in [0.05, 0.1) is 35.8 Å². The average Bonchev–Trinajstić information content (AvgIpc) is 3.60. The molecular formula is C30H42FN3O11. The summed E-state index contributed by atoms with van der Waals surface area (Å²) in [6.45, 7) is 4.26. The number of carboxylic acid groups (broad SMARTS) is 2. The van der Waals surface area contributed by atoms with Gasteiger partial charge in [-0.25, -0.2) is 14.0 Å². The number of carbonyl (C=O) groups is 4. The van der Waals surface area contributed by atoms with Crippen molar-refractivity contribution in [2.75, 3.05) is 44.2 Å². The zero-order valence-electron chi connectivity index (χ0n) is 24.9. The quantitative estimate of drug-likeness (QED) is 0.181. The molecule has 0 bridgehead atoms. The Bertz CT molecular complexity index is 1180. The highest BCUT2D eigenvalue weighted by Crippen LogP contribution is 2.38. The van der Waals surface area contributed by atoms with Gasteiger partial charge < -0.3 is 40.3 Å². The van der Waals surface area contributed by atoms with Crippen molar-refractivity contribution >= 4 is 29.4 Å². The Morgan fingerprint density at radius 3 is 1.91 bits per heavy atom. The number of carbonyl (C=O) groups excluding carboxylic acids is 2. The fourth-order valence-corrected chi connectivity index (χ4v) is 6.40. The van der Waals surface area contributed by atoms with E-state index in [2.05, 4.69) is 9.80 Å². The number of hydrogen-bond acceptors (Lipinski definition) is 11. The molecule has 0 aromatic heterocycles. The lowest BCUT2D eigenvalue weighted by Crippen LogP contribution is -2.47. The van der Waals surface area contributed by atoms with Crippen molar-refractivity contribution in [3.05, 3.63) is 24.0 Å². The van der Waals surface area contributed by atoms with Gasteiger partial charge in [-0.1, -0.05) is 0 Å². The van der Waals surface area contributed by atoms with E-state index in [0.717, 1.165) is 57.0 Å². The fourth-order valence-electron chi connectivity index (χ4n) is 6.40. The minimum atomic E-state index is -2.27. The minimum absolute atomic E-state index is 0.154. The summed E-state index contributed by atoms with van der Waals surface area (Å²) in [4.78, 5) is 50.8. The number of imide groups is 1. The molecule has 4 fully saturated rings. The maximum absolute atomic E-state index is 14.0. The van der Waals surface area contributed by atoms with Crippen LogP contribution < -0.4 is 9.64 Å². The molecule has 250 valence electrons. The summed E-state index contributed by atoms with van der Waals surface area (Å²) in [5, 5.41) is 52.3. The summed E-state index contributed by atoms with van der Waals surface area (Å²) < 4.78 is 20.3. The zero-order chi connectivity index (χ0) is 32.8. The van der Waals surface area contributed by atoms with Gasteiger partial charge in [-0.15, -0.1) is 0 Å². The molecule has 4 aliphatic rings. The monoisotopic (exact) mass is 639 g/mol. The average molecular weight is 640 g/mol. The van der Waals surface area contributed by atoms with Gasteiger partial charge in [-0.3, -0.25) is 19.4 Å². The van der Waals surface area contributed by atoms with E-state index < -0.39 is 48.2 Å². The highest BCUT2D eigenvalue weighted by molar-refractivity contribution is 6.05. The number of nitrogens with zero attached hydrogens (tertiary/aromatic N) is 3. The van der Waals surface area contributed by atoms with Gasteiger partial charge in [-0.05, 0) is 63.6 Å². The van der Waals surface area contributed by atoms with E-state index >= 15 is 0 Å². The van der Waals surface area contributed by atoms with Crippen molar-refractivity contribution in [3.63, 3.8) is 0 Å². The molecule has 2 saturated heterocycles. The lowest BCUT2D eigenvalue weighted by atomic mass is 9.78. The van der Waals surface area contributed by atoms with E-state index in [9.17, 15) is 33.8 Å². The van der Waals surface area contributed by atoms with Gasteiger partial charge in [0.1, 0.15) is 11.6 Å². The normalized spacial score (nSPS) is 27.0. The third-order valence-corrected chi connectivity index (χ3v) is 8.98. The number of aliphatic carboxylic acids is 2. The molecule has 2 aliphatic carbocycles. The van der Waals surface area contributed by atoms with Crippen LogP contribution >= 0.6 is 0 Å². The third-order valence-electron chi connectivity index (χ3n) is 8.98. The lowest BCUT2D eigenvalue weighted by Gasteiger charge is -2.37. The summed E-state index contributed by atoms with van der Waals surface area (Å²) in [5.41, 5.74) is 0.816. The Labute approximate surface area is 259 Å². The Morgan fingerprint density at radius 2 is 1.40 bits per heavy atom. The number of benzene rings is 1. The lowest BCUT2D eigenvalue weighted by molar-refractivity contribution is -0.165. The summed E-state index contributed by atoms with van der Waals surface area (Å²) in [5.74, 6) is -4.47. The van der Waals surface area contributed by atoms with Gasteiger partial charge in [-0.2, -0.15) is 0 Å². The zero-order valence-corrected chi connectivity index (χ0v) is 24.9. The Kier molecular flexibility index (Phi) is 11.7. The van der Waals surface area contributed by atoms with E-state index in [1.165, 1.54) is 23.8 Å². The van der Waals surface area contributed by atoms with Crippen molar-refractivity contribution < 1.29 is 58.9 Å². The number of piperazine rings is 1. The maximum Gasteiger partial charge on any atom is 0.335 e. The first-order chi connectivity index (χ1) is 21.4. The molecular weight excluding hydrogens is 597 g/mol. The molecule has 2 aliphatic heterocycles. The first-order valence-corrected chi connectivity index (χ1v) is 15.3. The number of carboxylic acids is 2. The second kappa shape index (κ2) is 15.3. The van der Waals surface area contributed by atoms with E-state index in [1.807, 2.05) is 0 Å². The predicted octanol–water partition coefficient (Wildman–Crippen LogP) is -0.347. The molecule has 2 heterocycles. The van der Waals surface area contributed by atoms with Crippen LogP contribution in [0.5, 0.6) is 5.75 Å². The van der Waals surface area contributed by atoms with Crippen LogP contribution in [-0.2, 0) is 19.2 Å². The van der Waals surface area contributed by atoms with Crippen molar-refractivity contribution in [1.29, 1.82) is 0 Å². The number of rotatable bonds is 10. The molecule has 2 saturated carbocycles. The molecule has 15 heteroatoms. The second-order valence-electron chi connectivity index (χ2n) is 12.0. The van der Waals surface area contributed by atoms with Gasteiger partial charge >= 0.3 is 11.9 Å². The van der Waals surface area contributed by atoms with Crippen LogP contribution in [0.1, 0.15) is 44.9 Å². The smallest absolute Gasteiger partial charge is 0.335 e. The summed E-state index contributed by atoms with van der Waals surface area (Å²) in [7, 11) is 0. The first kappa shape index (κ1) is 34.5. The molecule has 1 aromatic carbocycles. The Hall–Kier alpha value is -3.37. The molecule has 0 radical (unpaired) electrons. The number of anilines is 1. The third kappa shape index (κ3) is 8.47. The van der Waals surface area contributed by atoms with Crippen LogP contribution in [0.4, 0.5) is 10.1 Å². The summed E-state index contributed by atoms with van der Waals surface area (Å²) in [6, 6.07) is 4.77. The maximum atomic E-state index is 14.0. The summed E-state index contributed by atoms with van der Waals surface area (Å²) in [6.07, 6.45) is -0.746. The molecule has 14 nitrogen and oxygen atoms in total. The topological polar surface area (TPSA) is 209 Å². The van der Waals surface area contributed by atoms with Crippen LogP contribution in [0.2, 0.25) is 0 Å². The fraction of sp³-hybridized carbons (Fsp3) is 0.667. The molecule has 0 spiro atoms. The molecule has 6 atom stereocenters. The Morgan fingerprint density at radius 1 is 0.867 bits per heavy atom. The molecule has 6 unspecified atom stereocenters. The molecule has 45 heavy (non-hydrogen) atoms. The standard InChI is InChI=1S/C26H36FN3O5.C4H6O6/c27-17-6-7-24(35-18-4-1-2-5-18)21(14-17)29-12-10-28(11-13-29)8-3-9-30-25(33)19-15-22(31)23(32)16-20(19)26(30)34;5-1(3(7)8)2(6)4(9)10/h6-7,14,18-20,22-23,31-32H,1-5,8-13,15-16H2;1-2,5-6H,(H,7,8)(H,9,10). The number of halogens is 1. The first-order valence-electron chi connectivity index (χ1n) is 15.3. The van der Waals surface area contributed by atoms with E-state index in [0.29, 0.717) is 13.0 Å². The number of amides is 2. The molecule has 6 N–H and O–H groups in total. The molecule has 1 aromatic rings. The van der Waals surface area contributed by atoms with Gasteiger partial charge in [0.15, 0.2) is 12.2 Å². The van der Waals surface area contributed by atoms with Crippen LogP contribution in [0.3, 0.4) is 0 Å². The van der Waals surface area contributed by atoms with Crippen molar-refractivity contribution in [2.24, 2.45) is 11.8 Å². The van der Waals surface area contributed by atoms with Crippen LogP contribution in [0, 0.1) is 17.7 Å². The van der Waals surface area contributed by atoms with Gasteiger partial charge in [0.2, 0.25) is 11.8 Å². The Balaban J connectivity index is 0.000000399. The van der Waals surface area contributed by atoms with Crippen LogP contribution in [0.25, 0.3) is 0 Å². The van der Waals surface area contributed by atoms with Crippen molar-refractivity contribution in [3.8, 4) is 5.75 Å². The molecule has 2 amide bonds. The van der Waals surface area contributed by atoms with Crippen LogP contribution in [0.15, 0.2) is 18.2 Å². The predicted molar refractivity (Wildman–Crippen MR) is 155 cm³/mol. The second-order valence-corrected chi connectivity index (χ2v) is 12.0. The minimum Gasteiger partial charge on any atom is -0.488 e. The number of fused-ring (bicyclic) bond motifs is 1. The number of ether oxygens (including phenoxy) is 1. The van der Waals surface area contributed by atoms with Gasteiger partial charge in [0, 0.05) is 38.8 Å².